The molecule has 0 radical (unpaired) electrons. The number of carbonyl (C=O) groups is 2. The third-order valence-corrected chi connectivity index (χ3v) is 7.70. The summed E-state index contributed by atoms with van der Waals surface area (Å²) in [4.78, 5) is 34.5. The van der Waals surface area contributed by atoms with Crippen LogP contribution >= 0.6 is 23.4 Å². The lowest BCUT2D eigenvalue weighted by Gasteiger charge is -2.11. The van der Waals surface area contributed by atoms with Crippen LogP contribution in [0.15, 0.2) is 96.0 Å². The summed E-state index contributed by atoms with van der Waals surface area (Å²) < 4.78 is 6.07. The molecule has 9 nitrogen and oxygen atoms in total. The highest BCUT2D eigenvalue weighted by molar-refractivity contribution is 7.98. The Kier molecular flexibility index (Phi) is 12.4. The standard InChI is InChI=1S/C32H33ClN6O3S/c33-26-9-4-5-10-29(26)43-22-25-12-14-28(42-20-17-23-7-2-1-3-8-23)27(38-25)13-16-31(40)35-18-6-19-36-32(41)24-11-15-30(39-34)37-21-24/h1-5,7-16,21H,6,17-20,22,34H2,(H,35,40)(H,36,41)(H,37,39)/b16-13+. The molecule has 5 N–H and O–H groups in total. The van der Waals surface area contributed by atoms with Crippen LogP contribution < -0.4 is 26.6 Å². The fraction of sp³-hybridized carbons (Fsp3) is 0.188. The van der Waals surface area contributed by atoms with Crippen molar-refractivity contribution < 1.29 is 14.3 Å². The van der Waals surface area contributed by atoms with Crippen LogP contribution in [0.2, 0.25) is 5.02 Å². The molecule has 0 spiro atoms. The molecule has 0 aliphatic rings. The summed E-state index contributed by atoms with van der Waals surface area (Å²) in [5, 5.41) is 6.33. The van der Waals surface area contributed by atoms with Crippen LogP contribution in [0, 0.1) is 0 Å². The minimum absolute atomic E-state index is 0.249. The highest BCUT2D eigenvalue weighted by atomic mass is 35.5. The van der Waals surface area contributed by atoms with Gasteiger partial charge in [-0.05, 0) is 54.5 Å². The van der Waals surface area contributed by atoms with Crippen molar-refractivity contribution in [3.8, 4) is 5.75 Å². The summed E-state index contributed by atoms with van der Waals surface area (Å²) in [6.07, 6.45) is 5.84. The number of benzene rings is 2. The van der Waals surface area contributed by atoms with Crippen LogP contribution in [0.4, 0.5) is 5.82 Å². The average Bonchev–Trinajstić information content (AvgIpc) is 3.04. The Bertz CT molecular complexity index is 1520. The summed E-state index contributed by atoms with van der Waals surface area (Å²) >= 11 is 7.90. The van der Waals surface area contributed by atoms with E-state index in [2.05, 4.69) is 33.2 Å². The minimum atomic E-state index is -0.270. The van der Waals surface area contributed by atoms with Gasteiger partial charge >= 0.3 is 0 Å². The van der Waals surface area contributed by atoms with Crippen LogP contribution in [-0.2, 0) is 17.0 Å². The van der Waals surface area contributed by atoms with E-state index < -0.39 is 0 Å². The van der Waals surface area contributed by atoms with Crippen molar-refractivity contribution in [1.29, 1.82) is 0 Å². The fourth-order valence-electron chi connectivity index (χ4n) is 3.89. The van der Waals surface area contributed by atoms with Gasteiger partial charge in [-0.2, -0.15) is 0 Å². The van der Waals surface area contributed by atoms with E-state index in [1.54, 1.807) is 30.0 Å². The third-order valence-electron chi connectivity index (χ3n) is 6.15. The number of anilines is 1. The second-order valence-electron chi connectivity index (χ2n) is 9.30. The third kappa shape index (κ3) is 10.4. The largest absolute Gasteiger partial charge is 0.491 e. The zero-order valence-electron chi connectivity index (χ0n) is 23.5. The molecule has 0 fully saturated rings. The summed E-state index contributed by atoms with van der Waals surface area (Å²) in [6.45, 7) is 1.26. The van der Waals surface area contributed by atoms with Gasteiger partial charge < -0.3 is 20.8 Å². The number of thioether (sulfide) groups is 1. The van der Waals surface area contributed by atoms with Gasteiger partial charge in [-0.25, -0.2) is 15.8 Å². The first-order valence-electron chi connectivity index (χ1n) is 13.7. The Morgan fingerprint density at radius 2 is 1.74 bits per heavy atom. The van der Waals surface area contributed by atoms with Gasteiger partial charge in [0.25, 0.3) is 5.91 Å². The monoisotopic (exact) mass is 616 g/mol. The van der Waals surface area contributed by atoms with Crippen molar-refractivity contribution in [2.24, 2.45) is 5.84 Å². The second kappa shape index (κ2) is 16.9. The number of aromatic nitrogens is 2. The first-order chi connectivity index (χ1) is 21.0. The quantitative estimate of drug-likeness (QED) is 0.0467. The molecule has 222 valence electrons. The number of hydrogen-bond acceptors (Lipinski definition) is 8. The number of nitrogens with zero attached hydrogens (tertiary/aromatic N) is 2. The van der Waals surface area contributed by atoms with Gasteiger partial charge in [0, 0.05) is 42.4 Å². The molecule has 0 atom stereocenters. The van der Waals surface area contributed by atoms with E-state index in [0.717, 1.165) is 17.0 Å². The Morgan fingerprint density at radius 3 is 2.51 bits per heavy atom. The Labute approximate surface area is 260 Å². The van der Waals surface area contributed by atoms with Crippen LogP contribution in [0.1, 0.15) is 33.7 Å². The number of rotatable bonds is 15. The Hall–Kier alpha value is -4.38. The van der Waals surface area contributed by atoms with E-state index in [1.807, 2.05) is 54.6 Å². The molecule has 2 amide bonds. The zero-order valence-corrected chi connectivity index (χ0v) is 25.0. The van der Waals surface area contributed by atoms with Crippen LogP contribution in [-0.4, -0.2) is 41.5 Å². The van der Waals surface area contributed by atoms with Crippen molar-refractivity contribution in [3.05, 3.63) is 119 Å². The highest BCUT2D eigenvalue weighted by Gasteiger charge is 2.09. The Morgan fingerprint density at radius 1 is 0.953 bits per heavy atom. The second-order valence-corrected chi connectivity index (χ2v) is 10.7. The van der Waals surface area contributed by atoms with Crippen molar-refractivity contribution in [2.75, 3.05) is 25.1 Å². The number of carbonyl (C=O) groups excluding carboxylic acids is 2. The molecule has 0 bridgehead atoms. The maximum atomic E-state index is 12.5. The van der Waals surface area contributed by atoms with E-state index in [4.69, 9.17) is 27.2 Å². The number of amides is 2. The van der Waals surface area contributed by atoms with Crippen LogP contribution in [0.5, 0.6) is 5.75 Å². The van der Waals surface area contributed by atoms with Crippen LogP contribution in [0.25, 0.3) is 6.08 Å². The van der Waals surface area contributed by atoms with Crippen molar-refractivity contribution in [2.45, 2.75) is 23.5 Å². The van der Waals surface area contributed by atoms with Gasteiger partial charge in [-0.15, -0.1) is 11.8 Å². The summed E-state index contributed by atoms with van der Waals surface area (Å²) in [5.41, 5.74) is 5.41. The lowest BCUT2D eigenvalue weighted by atomic mass is 10.2. The molecule has 0 unspecified atom stereocenters. The maximum Gasteiger partial charge on any atom is 0.252 e. The number of nitrogens with one attached hydrogen (secondary N) is 3. The number of hydrogen-bond donors (Lipinski definition) is 4. The topological polar surface area (TPSA) is 131 Å². The lowest BCUT2D eigenvalue weighted by Crippen LogP contribution is -2.29. The number of pyridine rings is 2. The van der Waals surface area contributed by atoms with Gasteiger partial charge in [0.1, 0.15) is 17.3 Å². The number of hydrazine groups is 1. The normalized spacial score (nSPS) is 10.8. The molecule has 4 aromatic rings. The smallest absolute Gasteiger partial charge is 0.252 e. The predicted octanol–water partition coefficient (Wildman–Crippen LogP) is 5.28. The number of halogens is 1. The maximum absolute atomic E-state index is 12.5. The first-order valence-corrected chi connectivity index (χ1v) is 15.1. The molecule has 43 heavy (non-hydrogen) atoms. The molecule has 2 heterocycles. The van der Waals surface area contributed by atoms with Crippen LogP contribution in [0.3, 0.4) is 0 Å². The molecular weight excluding hydrogens is 584 g/mol. The predicted molar refractivity (Wildman–Crippen MR) is 172 cm³/mol. The van der Waals surface area contributed by atoms with Gasteiger partial charge in [-0.1, -0.05) is 54.1 Å². The molecule has 2 aromatic heterocycles. The molecule has 0 saturated carbocycles. The van der Waals surface area contributed by atoms with Gasteiger partial charge in [0.15, 0.2) is 0 Å². The van der Waals surface area contributed by atoms with Gasteiger partial charge in [0.2, 0.25) is 5.91 Å². The number of nitrogen functional groups attached to an aromatic ring is 1. The van der Waals surface area contributed by atoms with Crippen molar-refractivity contribution in [1.82, 2.24) is 20.6 Å². The van der Waals surface area contributed by atoms with E-state index >= 15 is 0 Å². The zero-order chi connectivity index (χ0) is 30.3. The molecule has 0 saturated heterocycles. The number of nitrogens with two attached hydrogens (primary N) is 1. The van der Waals surface area contributed by atoms with Crippen molar-refractivity contribution >= 4 is 47.1 Å². The minimum Gasteiger partial charge on any atom is -0.491 e. The summed E-state index contributed by atoms with van der Waals surface area (Å²) in [6, 6.07) is 24.8. The summed E-state index contributed by atoms with van der Waals surface area (Å²) in [7, 11) is 0. The Balaban J connectivity index is 1.30. The number of ether oxygens (including phenoxy) is 1. The van der Waals surface area contributed by atoms with Crippen molar-refractivity contribution in [3.63, 3.8) is 0 Å². The van der Waals surface area contributed by atoms with E-state index in [0.29, 0.717) is 59.7 Å². The first kappa shape index (κ1) is 31.6. The summed E-state index contributed by atoms with van der Waals surface area (Å²) in [5.74, 6) is 6.45. The van der Waals surface area contributed by atoms with E-state index in [1.165, 1.54) is 17.8 Å². The SMILES string of the molecule is NNc1ccc(C(=O)NCCCNC(=O)/C=C/c2nc(CSc3ccccc3Cl)ccc2OCCc2ccccc2)cn1. The fourth-order valence-corrected chi connectivity index (χ4v) is 5.04. The lowest BCUT2D eigenvalue weighted by molar-refractivity contribution is -0.116. The van der Waals surface area contributed by atoms with Gasteiger partial charge in [-0.3, -0.25) is 9.59 Å². The molecule has 4 rings (SSSR count). The van der Waals surface area contributed by atoms with E-state index in [-0.39, 0.29) is 11.8 Å². The molecular formula is C32H33ClN6O3S. The molecule has 11 heteroatoms. The average molecular weight is 617 g/mol. The molecule has 0 aliphatic carbocycles. The molecule has 2 aromatic carbocycles. The molecule has 0 aliphatic heterocycles. The van der Waals surface area contributed by atoms with Gasteiger partial charge in [0.05, 0.1) is 22.9 Å². The van der Waals surface area contributed by atoms with E-state index in [9.17, 15) is 9.59 Å². The highest BCUT2D eigenvalue weighted by Crippen LogP contribution is 2.30.